The van der Waals surface area contributed by atoms with E-state index >= 15 is 0 Å². The predicted octanol–water partition coefficient (Wildman–Crippen LogP) is 4.66. The Labute approximate surface area is 128 Å². The molecule has 0 aromatic heterocycles. The van der Waals surface area contributed by atoms with Crippen LogP contribution in [0.5, 0.6) is 5.75 Å². The molecule has 2 atom stereocenters. The standard InChI is InChI=1S/C17H29NOS/c1-5-12-19-16-10-8-15(9-11-16)17(18-7-3)13-20-14(4)6-2/h8-11,14,17-18H,5-7,12-13H2,1-4H3. The van der Waals surface area contributed by atoms with Crippen molar-refractivity contribution in [3.05, 3.63) is 29.8 Å². The second-order valence-corrected chi connectivity index (χ2v) is 6.55. The molecule has 1 rings (SSSR count). The van der Waals surface area contributed by atoms with Crippen molar-refractivity contribution in [2.75, 3.05) is 18.9 Å². The number of nitrogens with one attached hydrogen (secondary N) is 1. The molecule has 3 heteroatoms. The minimum absolute atomic E-state index is 0.430. The van der Waals surface area contributed by atoms with E-state index in [9.17, 15) is 0 Å². The first-order valence-electron chi connectivity index (χ1n) is 7.78. The third-order valence-electron chi connectivity index (χ3n) is 3.33. The summed E-state index contributed by atoms with van der Waals surface area (Å²) >= 11 is 2.04. The van der Waals surface area contributed by atoms with Crippen LogP contribution in [0, 0.1) is 0 Å². The van der Waals surface area contributed by atoms with Crippen LogP contribution in [-0.4, -0.2) is 24.2 Å². The minimum atomic E-state index is 0.430. The van der Waals surface area contributed by atoms with Crippen LogP contribution in [0.3, 0.4) is 0 Å². The van der Waals surface area contributed by atoms with Crippen molar-refractivity contribution in [2.24, 2.45) is 0 Å². The van der Waals surface area contributed by atoms with Crippen LogP contribution in [0.25, 0.3) is 0 Å². The Kier molecular flexibility index (Phi) is 8.79. The van der Waals surface area contributed by atoms with Crippen LogP contribution in [0.4, 0.5) is 0 Å². The van der Waals surface area contributed by atoms with Gasteiger partial charge in [-0.1, -0.05) is 39.8 Å². The van der Waals surface area contributed by atoms with E-state index in [1.165, 1.54) is 12.0 Å². The van der Waals surface area contributed by atoms with E-state index in [-0.39, 0.29) is 0 Å². The Morgan fingerprint density at radius 3 is 2.40 bits per heavy atom. The Morgan fingerprint density at radius 2 is 1.85 bits per heavy atom. The van der Waals surface area contributed by atoms with Gasteiger partial charge in [-0.3, -0.25) is 0 Å². The number of benzene rings is 1. The minimum Gasteiger partial charge on any atom is -0.494 e. The molecule has 0 bridgehead atoms. The zero-order valence-corrected chi connectivity index (χ0v) is 14.1. The van der Waals surface area contributed by atoms with E-state index in [4.69, 9.17) is 4.74 Å². The third kappa shape index (κ3) is 6.19. The summed E-state index contributed by atoms with van der Waals surface area (Å²) in [6, 6.07) is 8.98. The number of hydrogen-bond acceptors (Lipinski definition) is 3. The van der Waals surface area contributed by atoms with Crippen LogP contribution >= 0.6 is 11.8 Å². The van der Waals surface area contributed by atoms with Crippen LogP contribution in [0.1, 0.15) is 52.1 Å². The smallest absolute Gasteiger partial charge is 0.119 e. The average molecular weight is 295 g/mol. The summed E-state index contributed by atoms with van der Waals surface area (Å²) in [5.74, 6) is 2.10. The van der Waals surface area contributed by atoms with E-state index < -0.39 is 0 Å². The molecule has 0 amide bonds. The molecule has 0 saturated carbocycles. The maximum Gasteiger partial charge on any atom is 0.119 e. The lowest BCUT2D eigenvalue weighted by molar-refractivity contribution is 0.317. The normalized spacial score (nSPS) is 14.0. The Hall–Kier alpha value is -0.670. The lowest BCUT2D eigenvalue weighted by Crippen LogP contribution is -2.23. The van der Waals surface area contributed by atoms with Crippen LogP contribution < -0.4 is 10.1 Å². The molecule has 2 unspecified atom stereocenters. The van der Waals surface area contributed by atoms with Gasteiger partial charge in [0.05, 0.1) is 6.61 Å². The molecule has 1 aromatic rings. The van der Waals surface area contributed by atoms with E-state index in [0.717, 1.165) is 36.3 Å². The summed E-state index contributed by atoms with van der Waals surface area (Å²) in [6.07, 6.45) is 2.28. The van der Waals surface area contributed by atoms with Gasteiger partial charge in [0.25, 0.3) is 0 Å². The van der Waals surface area contributed by atoms with Crippen molar-refractivity contribution in [3.8, 4) is 5.75 Å². The monoisotopic (exact) mass is 295 g/mol. The number of hydrogen-bond donors (Lipinski definition) is 1. The summed E-state index contributed by atoms with van der Waals surface area (Å²) in [4.78, 5) is 0. The molecule has 0 aliphatic carbocycles. The summed E-state index contributed by atoms with van der Waals surface area (Å²) in [5.41, 5.74) is 1.35. The molecule has 0 spiro atoms. The summed E-state index contributed by atoms with van der Waals surface area (Å²) in [5, 5.41) is 4.30. The van der Waals surface area contributed by atoms with Crippen LogP contribution in [0.2, 0.25) is 0 Å². The highest BCUT2D eigenvalue weighted by atomic mass is 32.2. The van der Waals surface area contributed by atoms with Crippen LogP contribution in [-0.2, 0) is 0 Å². The molecular weight excluding hydrogens is 266 g/mol. The number of ether oxygens (including phenoxy) is 1. The SMILES string of the molecule is CCCOc1ccc(C(CSC(C)CC)NCC)cc1. The number of thioether (sulfide) groups is 1. The van der Waals surface area contributed by atoms with Crippen molar-refractivity contribution in [2.45, 2.75) is 51.8 Å². The van der Waals surface area contributed by atoms with Gasteiger partial charge in [-0.2, -0.15) is 11.8 Å². The van der Waals surface area contributed by atoms with E-state index in [1.54, 1.807) is 0 Å². The molecule has 0 radical (unpaired) electrons. The lowest BCUT2D eigenvalue weighted by Gasteiger charge is -2.20. The summed E-state index contributed by atoms with van der Waals surface area (Å²) in [7, 11) is 0. The Balaban J connectivity index is 2.61. The topological polar surface area (TPSA) is 21.3 Å². The van der Waals surface area contributed by atoms with Gasteiger partial charge in [-0.15, -0.1) is 0 Å². The summed E-state index contributed by atoms with van der Waals surface area (Å²) in [6.45, 7) is 10.6. The fraction of sp³-hybridized carbons (Fsp3) is 0.647. The van der Waals surface area contributed by atoms with Gasteiger partial charge in [-0.05, 0) is 37.1 Å². The molecule has 0 aliphatic rings. The summed E-state index contributed by atoms with van der Waals surface area (Å²) < 4.78 is 5.64. The lowest BCUT2D eigenvalue weighted by atomic mass is 10.1. The maximum atomic E-state index is 5.64. The maximum absolute atomic E-state index is 5.64. The fourth-order valence-corrected chi connectivity index (χ4v) is 2.98. The molecule has 1 aromatic carbocycles. The molecule has 0 heterocycles. The fourth-order valence-electron chi connectivity index (χ4n) is 1.91. The molecule has 1 N–H and O–H groups in total. The highest BCUT2D eigenvalue weighted by Gasteiger charge is 2.12. The van der Waals surface area contributed by atoms with Gasteiger partial charge in [-0.25, -0.2) is 0 Å². The predicted molar refractivity (Wildman–Crippen MR) is 90.9 cm³/mol. The second-order valence-electron chi connectivity index (χ2n) is 5.08. The van der Waals surface area contributed by atoms with Gasteiger partial charge >= 0.3 is 0 Å². The highest BCUT2D eigenvalue weighted by Crippen LogP contribution is 2.24. The molecule has 0 aliphatic heterocycles. The molecule has 20 heavy (non-hydrogen) atoms. The molecule has 0 fully saturated rings. The first kappa shape index (κ1) is 17.4. The van der Waals surface area contributed by atoms with Gasteiger partial charge < -0.3 is 10.1 Å². The highest BCUT2D eigenvalue weighted by molar-refractivity contribution is 7.99. The van der Waals surface area contributed by atoms with Gasteiger partial charge in [0.15, 0.2) is 0 Å². The second kappa shape index (κ2) is 10.1. The first-order valence-corrected chi connectivity index (χ1v) is 8.83. The molecule has 114 valence electrons. The average Bonchev–Trinajstić information content (AvgIpc) is 2.49. The Bertz CT molecular complexity index is 353. The zero-order chi connectivity index (χ0) is 14.8. The largest absolute Gasteiger partial charge is 0.494 e. The first-order chi connectivity index (χ1) is 9.71. The van der Waals surface area contributed by atoms with E-state index in [2.05, 4.69) is 57.3 Å². The van der Waals surface area contributed by atoms with Crippen molar-refractivity contribution < 1.29 is 4.74 Å². The van der Waals surface area contributed by atoms with E-state index in [1.807, 2.05) is 11.8 Å². The number of rotatable bonds is 10. The van der Waals surface area contributed by atoms with Gasteiger partial charge in [0.2, 0.25) is 0 Å². The van der Waals surface area contributed by atoms with Crippen molar-refractivity contribution >= 4 is 11.8 Å². The van der Waals surface area contributed by atoms with Crippen molar-refractivity contribution in [1.82, 2.24) is 5.32 Å². The van der Waals surface area contributed by atoms with Gasteiger partial charge in [0, 0.05) is 17.0 Å². The molecule has 0 saturated heterocycles. The Morgan fingerprint density at radius 1 is 1.15 bits per heavy atom. The molecular formula is C17H29NOS. The van der Waals surface area contributed by atoms with Crippen molar-refractivity contribution in [3.63, 3.8) is 0 Å². The van der Waals surface area contributed by atoms with E-state index in [0.29, 0.717) is 6.04 Å². The van der Waals surface area contributed by atoms with Crippen molar-refractivity contribution in [1.29, 1.82) is 0 Å². The molecule has 2 nitrogen and oxygen atoms in total. The van der Waals surface area contributed by atoms with Crippen LogP contribution in [0.15, 0.2) is 24.3 Å². The quantitative estimate of drug-likeness (QED) is 0.678. The zero-order valence-electron chi connectivity index (χ0n) is 13.3. The van der Waals surface area contributed by atoms with Gasteiger partial charge in [0.1, 0.15) is 5.75 Å². The third-order valence-corrected chi connectivity index (χ3v) is 4.76.